The Kier molecular flexibility index (Phi) is 7.17. The fraction of sp³-hybridized carbons (Fsp3) is 0.542. The van der Waals surface area contributed by atoms with E-state index in [9.17, 15) is 9.59 Å². The van der Waals surface area contributed by atoms with Gasteiger partial charge < -0.3 is 10.2 Å². The second kappa shape index (κ2) is 10.1. The number of carbonyl (C=O) groups excluding carboxylic acids is 2. The zero-order chi connectivity index (χ0) is 25.2. The standard InChI is InChI=1S/C24H29ClN8O2/c1-5-6-9-24(30-31-24)10-11-33(23(35)19-15(2)16(3)27-14-28-19)20(18-13-32(4)29-21(18)25)22(34)26-12-17-7-8-17/h1,13-14,17,20H,6-12H2,2-4H3,(H,26,34). The molecule has 1 fully saturated rings. The molecule has 3 heterocycles. The molecule has 1 aliphatic carbocycles. The van der Waals surface area contributed by atoms with Gasteiger partial charge >= 0.3 is 0 Å². The average molecular weight is 497 g/mol. The molecule has 2 aliphatic rings. The molecule has 0 spiro atoms. The lowest BCUT2D eigenvalue weighted by Gasteiger charge is -2.31. The van der Waals surface area contributed by atoms with Crippen molar-refractivity contribution < 1.29 is 9.59 Å². The summed E-state index contributed by atoms with van der Waals surface area (Å²) in [6.07, 6.45) is 12.2. The molecule has 184 valence electrons. The van der Waals surface area contributed by atoms with Crippen LogP contribution in [0.4, 0.5) is 0 Å². The summed E-state index contributed by atoms with van der Waals surface area (Å²) >= 11 is 6.45. The van der Waals surface area contributed by atoms with Crippen molar-refractivity contribution in [2.75, 3.05) is 13.1 Å². The van der Waals surface area contributed by atoms with E-state index in [0.29, 0.717) is 48.5 Å². The van der Waals surface area contributed by atoms with Crippen LogP contribution in [0.3, 0.4) is 0 Å². The first-order chi connectivity index (χ1) is 16.7. The highest BCUT2D eigenvalue weighted by molar-refractivity contribution is 6.30. The lowest BCUT2D eigenvalue weighted by molar-refractivity contribution is -0.126. The second-order valence-electron chi connectivity index (χ2n) is 9.21. The molecule has 0 radical (unpaired) electrons. The molecule has 0 bridgehead atoms. The Morgan fingerprint density at radius 2 is 2.06 bits per heavy atom. The molecule has 2 aromatic rings. The van der Waals surface area contributed by atoms with Gasteiger partial charge in [0, 0.05) is 62.4 Å². The SMILES string of the molecule is C#CCCC1(CCN(C(=O)c2ncnc(C)c2C)C(C(=O)NCC2CC2)c2cn(C)nc2Cl)N=N1. The van der Waals surface area contributed by atoms with Crippen molar-refractivity contribution in [1.29, 1.82) is 0 Å². The zero-order valence-electron chi connectivity index (χ0n) is 20.2. The van der Waals surface area contributed by atoms with Crippen molar-refractivity contribution in [2.45, 2.75) is 57.7 Å². The predicted molar refractivity (Wildman–Crippen MR) is 130 cm³/mol. The maximum absolute atomic E-state index is 13.9. The molecule has 0 aromatic carbocycles. The van der Waals surface area contributed by atoms with Crippen LogP contribution in [0, 0.1) is 32.1 Å². The van der Waals surface area contributed by atoms with Crippen LogP contribution in [0.25, 0.3) is 0 Å². The van der Waals surface area contributed by atoms with Crippen LogP contribution < -0.4 is 5.32 Å². The van der Waals surface area contributed by atoms with E-state index in [-0.39, 0.29) is 23.3 Å². The molecule has 4 rings (SSSR count). The van der Waals surface area contributed by atoms with Crippen LogP contribution in [-0.4, -0.2) is 55.2 Å². The van der Waals surface area contributed by atoms with Gasteiger partial charge in [-0.05, 0) is 32.6 Å². The highest BCUT2D eigenvalue weighted by Crippen LogP contribution is 2.38. The topological polar surface area (TPSA) is 118 Å². The number of rotatable bonds is 11. The molecular weight excluding hydrogens is 468 g/mol. The Balaban J connectivity index is 1.70. The summed E-state index contributed by atoms with van der Waals surface area (Å²) in [6.45, 7) is 4.36. The average Bonchev–Trinajstić information content (AvgIpc) is 3.75. The van der Waals surface area contributed by atoms with E-state index in [2.05, 4.69) is 36.5 Å². The van der Waals surface area contributed by atoms with Gasteiger partial charge in [0.05, 0.1) is 0 Å². The normalized spacial score (nSPS) is 16.4. The molecule has 1 saturated carbocycles. The number of amides is 2. The fourth-order valence-electron chi connectivity index (χ4n) is 3.98. The van der Waals surface area contributed by atoms with Crippen LogP contribution in [0.2, 0.25) is 5.15 Å². The monoisotopic (exact) mass is 496 g/mol. The van der Waals surface area contributed by atoms with Crippen molar-refractivity contribution in [1.82, 2.24) is 30.0 Å². The van der Waals surface area contributed by atoms with E-state index in [4.69, 9.17) is 18.0 Å². The number of nitrogens with zero attached hydrogens (tertiary/aromatic N) is 7. The number of hydrogen-bond donors (Lipinski definition) is 1. The number of aromatic nitrogens is 4. The number of carbonyl (C=O) groups is 2. The fourth-order valence-corrected chi connectivity index (χ4v) is 4.25. The van der Waals surface area contributed by atoms with E-state index in [1.165, 1.54) is 15.9 Å². The summed E-state index contributed by atoms with van der Waals surface area (Å²) in [5, 5.41) is 15.8. The Morgan fingerprint density at radius 3 is 2.66 bits per heavy atom. The summed E-state index contributed by atoms with van der Waals surface area (Å²) in [4.78, 5) is 37.5. The summed E-state index contributed by atoms with van der Waals surface area (Å²) in [7, 11) is 1.72. The Labute approximate surface area is 209 Å². The summed E-state index contributed by atoms with van der Waals surface area (Å²) in [6, 6.07) is -0.999. The van der Waals surface area contributed by atoms with Crippen molar-refractivity contribution in [3.63, 3.8) is 0 Å². The number of terminal acetylenes is 1. The minimum Gasteiger partial charge on any atom is -0.354 e. The molecule has 10 nitrogen and oxygen atoms in total. The minimum absolute atomic E-state index is 0.162. The molecular formula is C24H29ClN8O2. The van der Waals surface area contributed by atoms with Crippen molar-refractivity contribution >= 4 is 23.4 Å². The first-order valence-corrected chi connectivity index (χ1v) is 12.1. The largest absolute Gasteiger partial charge is 0.354 e. The Bertz CT molecular complexity index is 1190. The lowest BCUT2D eigenvalue weighted by Crippen LogP contribution is -2.46. The van der Waals surface area contributed by atoms with Gasteiger partial charge in [0.25, 0.3) is 5.91 Å². The van der Waals surface area contributed by atoms with Crippen molar-refractivity contribution in [3.8, 4) is 12.3 Å². The minimum atomic E-state index is -0.999. The van der Waals surface area contributed by atoms with Crippen LogP contribution >= 0.6 is 11.6 Å². The van der Waals surface area contributed by atoms with E-state index in [1.807, 2.05) is 6.92 Å². The third-order valence-corrected chi connectivity index (χ3v) is 6.83. The van der Waals surface area contributed by atoms with Crippen molar-refractivity contribution in [3.05, 3.63) is 40.2 Å². The molecule has 1 unspecified atom stereocenters. The third-order valence-electron chi connectivity index (χ3n) is 6.53. The summed E-state index contributed by atoms with van der Waals surface area (Å²) in [5.41, 5.74) is 1.39. The number of halogens is 1. The number of aryl methyl sites for hydroxylation is 2. The number of nitrogens with one attached hydrogen (secondary N) is 1. The van der Waals surface area contributed by atoms with Gasteiger partial charge in [-0.15, -0.1) is 12.3 Å². The second-order valence-corrected chi connectivity index (χ2v) is 9.57. The van der Waals surface area contributed by atoms with E-state index in [1.54, 1.807) is 20.2 Å². The molecule has 1 N–H and O–H groups in total. The first kappa shape index (κ1) is 24.8. The maximum Gasteiger partial charge on any atom is 0.273 e. The summed E-state index contributed by atoms with van der Waals surface area (Å²) < 4.78 is 1.53. The molecule has 11 heteroatoms. The quantitative estimate of drug-likeness (QED) is 0.479. The molecule has 2 amide bonds. The molecule has 2 aromatic heterocycles. The van der Waals surface area contributed by atoms with Gasteiger partial charge in [0.15, 0.2) is 10.8 Å². The lowest BCUT2D eigenvalue weighted by atomic mass is 10.0. The number of hydrogen-bond acceptors (Lipinski definition) is 7. The molecule has 35 heavy (non-hydrogen) atoms. The van der Waals surface area contributed by atoms with Crippen LogP contribution in [-0.2, 0) is 11.8 Å². The zero-order valence-corrected chi connectivity index (χ0v) is 20.9. The maximum atomic E-state index is 13.9. The van der Waals surface area contributed by atoms with E-state index < -0.39 is 17.6 Å². The molecule has 0 saturated heterocycles. The highest BCUT2D eigenvalue weighted by Gasteiger charge is 2.43. The predicted octanol–water partition coefficient (Wildman–Crippen LogP) is 3.16. The summed E-state index contributed by atoms with van der Waals surface area (Å²) in [5.74, 6) is 2.37. The first-order valence-electron chi connectivity index (χ1n) is 11.7. The van der Waals surface area contributed by atoms with Crippen LogP contribution in [0.1, 0.15) is 65.5 Å². The van der Waals surface area contributed by atoms with Crippen LogP contribution in [0.15, 0.2) is 22.8 Å². The Morgan fingerprint density at radius 1 is 1.31 bits per heavy atom. The van der Waals surface area contributed by atoms with Gasteiger partial charge in [-0.1, -0.05) is 11.6 Å². The van der Waals surface area contributed by atoms with Gasteiger partial charge in [0.2, 0.25) is 5.91 Å². The van der Waals surface area contributed by atoms with Gasteiger partial charge in [-0.3, -0.25) is 14.3 Å². The molecule has 1 aliphatic heterocycles. The van der Waals surface area contributed by atoms with Gasteiger partial charge in [-0.2, -0.15) is 15.3 Å². The smallest absolute Gasteiger partial charge is 0.273 e. The highest BCUT2D eigenvalue weighted by atomic mass is 35.5. The van der Waals surface area contributed by atoms with E-state index in [0.717, 1.165) is 12.8 Å². The third kappa shape index (κ3) is 5.68. The van der Waals surface area contributed by atoms with Gasteiger partial charge in [-0.25, -0.2) is 9.97 Å². The Hall–Kier alpha value is -3.32. The molecule has 1 atom stereocenters. The van der Waals surface area contributed by atoms with Gasteiger partial charge in [0.1, 0.15) is 18.1 Å². The van der Waals surface area contributed by atoms with Crippen LogP contribution in [0.5, 0.6) is 0 Å². The van der Waals surface area contributed by atoms with Crippen molar-refractivity contribution in [2.24, 2.45) is 23.2 Å². The van der Waals surface area contributed by atoms with E-state index >= 15 is 0 Å².